The van der Waals surface area contributed by atoms with Gasteiger partial charge in [0.05, 0.1) is 18.5 Å². The first-order chi connectivity index (χ1) is 10.7. The monoisotopic (exact) mass is 303 g/mol. The summed E-state index contributed by atoms with van der Waals surface area (Å²) >= 11 is 0. The molecule has 7 heteroatoms. The van der Waals surface area contributed by atoms with Crippen LogP contribution in [0.5, 0.6) is 0 Å². The minimum Gasteiger partial charge on any atom is -0.392 e. The van der Waals surface area contributed by atoms with Crippen LogP contribution in [-0.2, 0) is 4.74 Å². The molecule has 22 heavy (non-hydrogen) atoms. The smallest absolute Gasteiger partial charge is 0.182 e. The van der Waals surface area contributed by atoms with Crippen LogP contribution < -0.4 is 4.90 Å². The number of nitrogens with one attached hydrogen (secondary N) is 1. The minimum atomic E-state index is -0.233. The lowest BCUT2D eigenvalue weighted by molar-refractivity contribution is -0.199. The molecule has 118 valence electrons. The number of H-pyrrole nitrogens is 1. The van der Waals surface area contributed by atoms with Crippen molar-refractivity contribution in [2.75, 3.05) is 24.6 Å². The fourth-order valence-electron chi connectivity index (χ4n) is 3.94. The van der Waals surface area contributed by atoms with E-state index in [9.17, 15) is 5.11 Å². The third-order valence-electron chi connectivity index (χ3n) is 5.31. The molecule has 1 aliphatic heterocycles. The molecule has 2 fully saturated rings. The third-order valence-corrected chi connectivity index (χ3v) is 5.31. The molecule has 0 radical (unpaired) electrons. The Kier molecular flexibility index (Phi) is 3.27. The Morgan fingerprint density at radius 3 is 2.91 bits per heavy atom. The van der Waals surface area contributed by atoms with Crippen molar-refractivity contribution in [3.8, 4) is 0 Å². The van der Waals surface area contributed by atoms with Crippen LogP contribution in [0.4, 0.5) is 5.82 Å². The van der Waals surface area contributed by atoms with Crippen LogP contribution in [0.1, 0.15) is 26.2 Å². The average molecular weight is 303 g/mol. The fraction of sp³-hybridized carbons (Fsp3) is 0.667. The lowest BCUT2D eigenvalue weighted by atomic mass is 9.58. The number of aliphatic hydroxyl groups excluding tert-OH is 1. The molecule has 1 saturated heterocycles. The molecule has 1 spiro atoms. The van der Waals surface area contributed by atoms with E-state index in [2.05, 4.69) is 24.8 Å². The van der Waals surface area contributed by atoms with Gasteiger partial charge < -0.3 is 19.7 Å². The van der Waals surface area contributed by atoms with E-state index in [0.717, 1.165) is 43.7 Å². The Balaban J connectivity index is 1.53. The fourth-order valence-corrected chi connectivity index (χ4v) is 3.94. The molecule has 0 unspecified atom stereocenters. The van der Waals surface area contributed by atoms with Crippen molar-refractivity contribution in [3.63, 3.8) is 0 Å². The van der Waals surface area contributed by atoms with Crippen molar-refractivity contribution >= 4 is 17.0 Å². The van der Waals surface area contributed by atoms with Crippen molar-refractivity contribution in [2.45, 2.75) is 38.4 Å². The van der Waals surface area contributed by atoms with Crippen molar-refractivity contribution < 1.29 is 9.84 Å². The van der Waals surface area contributed by atoms with Crippen LogP contribution in [0.15, 0.2) is 12.7 Å². The Bertz CT molecular complexity index is 663. The van der Waals surface area contributed by atoms with E-state index < -0.39 is 0 Å². The number of ether oxygens (including phenoxy) is 1. The summed E-state index contributed by atoms with van der Waals surface area (Å²) in [6.45, 7) is 4.46. The van der Waals surface area contributed by atoms with E-state index in [0.29, 0.717) is 12.3 Å². The quantitative estimate of drug-likeness (QED) is 0.883. The van der Waals surface area contributed by atoms with Crippen molar-refractivity contribution in [3.05, 3.63) is 12.7 Å². The Morgan fingerprint density at radius 1 is 1.36 bits per heavy atom. The number of aliphatic hydroxyl groups is 1. The van der Waals surface area contributed by atoms with Gasteiger partial charge in [-0.1, -0.05) is 0 Å². The first-order valence-electron chi connectivity index (χ1n) is 7.93. The zero-order chi connectivity index (χ0) is 15.2. The van der Waals surface area contributed by atoms with Crippen molar-refractivity contribution in [1.82, 2.24) is 19.9 Å². The number of nitrogens with zero attached hydrogens (tertiary/aromatic N) is 4. The number of anilines is 1. The maximum absolute atomic E-state index is 10.3. The normalized spacial score (nSPS) is 27.3. The molecular formula is C15H21N5O2. The van der Waals surface area contributed by atoms with Gasteiger partial charge in [-0.25, -0.2) is 15.0 Å². The van der Waals surface area contributed by atoms with Gasteiger partial charge in [0.1, 0.15) is 11.8 Å². The van der Waals surface area contributed by atoms with Gasteiger partial charge in [-0.15, -0.1) is 0 Å². The standard InChI is InChI=1S/C15H21N5O2/c1-2-22-11-7-10(21)15(11)3-5-20(6-4-15)14-12-13(17-8-16-12)18-9-19-14/h8-11,21H,2-7H2,1H3,(H,16,17,18,19)/t10-,11+/m1/s1. The molecule has 2 aromatic heterocycles. The van der Waals surface area contributed by atoms with Crippen LogP contribution in [0, 0.1) is 5.41 Å². The second-order valence-corrected chi connectivity index (χ2v) is 6.21. The highest BCUT2D eigenvalue weighted by atomic mass is 16.5. The van der Waals surface area contributed by atoms with Gasteiger partial charge in [-0.3, -0.25) is 0 Å². The number of hydrogen-bond donors (Lipinski definition) is 2. The second kappa shape index (κ2) is 5.17. The van der Waals surface area contributed by atoms with Crippen LogP contribution in [0.25, 0.3) is 11.2 Å². The number of hydrogen-bond acceptors (Lipinski definition) is 6. The number of imidazole rings is 1. The molecule has 3 heterocycles. The predicted molar refractivity (Wildman–Crippen MR) is 81.6 cm³/mol. The summed E-state index contributed by atoms with van der Waals surface area (Å²) in [5.74, 6) is 0.902. The summed E-state index contributed by atoms with van der Waals surface area (Å²) in [6, 6.07) is 0. The largest absolute Gasteiger partial charge is 0.392 e. The minimum absolute atomic E-state index is 0.0629. The SMILES string of the molecule is CCO[C@H]1C[C@@H](O)C12CCN(c1ncnc3nc[nH]c13)CC2. The topological polar surface area (TPSA) is 87.2 Å². The highest BCUT2D eigenvalue weighted by Gasteiger charge is 2.56. The van der Waals surface area contributed by atoms with Crippen LogP contribution in [0.2, 0.25) is 0 Å². The molecule has 0 aromatic carbocycles. The summed E-state index contributed by atoms with van der Waals surface area (Å²) in [6.07, 6.45) is 5.80. The Hall–Kier alpha value is -1.73. The second-order valence-electron chi connectivity index (χ2n) is 6.21. The average Bonchev–Trinajstić information content (AvgIpc) is 3.03. The first-order valence-corrected chi connectivity index (χ1v) is 7.93. The number of aromatic nitrogens is 4. The summed E-state index contributed by atoms with van der Waals surface area (Å²) in [5, 5.41) is 10.3. The van der Waals surface area contributed by atoms with Crippen molar-refractivity contribution in [1.29, 1.82) is 0 Å². The van der Waals surface area contributed by atoms with Gasteiger partial charge in [-0.2, -0.15) is 0 Å². The summed E-state index contributed by atoms with van der Waals surface area (Å²) in [7, 11) is 0. The van der Waals surface area contributed by atoms with Gasteiger partial charge in [0.25, 0.3) is 0 Å². The Morgan fingerprint density at radius 2 is 2.18 bits per heavy atom. The number of piperidine rings is 1. The summed E-state index contributed by atoms with van der Waals surface area (Å²) in [5.41, 5.74) is 1.52. The molecule has 7 nitrogen and oxygen atoms in total. The molecule has 0 amide bonds. The highest BCUT2D eigenvalue weighted by molar-refractivity contribution is 5.82. The lowest BCUT2D eigenvalue weighted by Gasteiger charge is -2.56. The van der Waals surface area contributed by atoms with Gasteiger partial charge in [0, 0.05) is 31.5 Å². The summed E-state index contributed by atoms with van der Waals surface area (Å²) in [4.78, 5) is 18.1. The van der Waals surface area contributed by atoms with Gasteiger partial charge >= 0.3 is 0 Å². The van der Waals surface area contributed by atoms with E-state index in [1.807, 2.05) is 6.92 Å². The van der Waals surface area contributed by atoms with Crippen molar-refractivity contribution in [2.24, 2.45) is 5.41 Å². The van der Waals surface area contributed by atoms with E-state index >= 15 is 0 Å². The zero-order valence-corrected chi connectivity index (χ0v) is 12.7. The molecule has 2 N–H and O–H groups in total. The van der Waals surface area contributed by atoms with Gasteiger partial charge in [-0.05, 0) is 19.8 Å². The molecule has 1 saturated carbocycles. The Labute approximate surface area is 128 Å². The third kappa shape index (κ3) is 1.92. The summed E-state index contributed by atoms with van der Waals surface area (Å²) < 4.78 is 5.82. The van der Waals surface area contributed by atoms with Crippen LogP contribution in [0.3, 0.4) is 0 Å². The van der Waals surface area contributed by atoms with E-state index in [1.165, 1.54) is 0 Å². The van der Waals surface area contributed by atoms with Crippen LogP contribution in [-0.4, -0.2) is 56.9 Å². The van der Waals surface area contributed by atoms with Gasteiger partial charge in [0.15, 0.2) is 11.5 Å². The van der Waals surface area contributed by atoms with E-state index in [4.69, 9.17) is 4.74 Å². The van der Waals surface area contributed by atoms with E-state index in [-0.39, 0.29) is 17.6 Å². The van der Waals surface area contributed by atoms with Crippen LogP contribution >= 0.6 is 0 Å². The number of rotatable bonds is 3. The molecule has 2 aromatic rings. The zero-order valence-electron chi connectivity index (χ0n) is 12.7. The number of aromatic amines is 1. The predicted octanol–water partition coefficient (Wildman–Crippen LogP) is 1.11. The lowest BCUT2D eigenvalue weighted by Crippen LogP contribution is -2.62. The molecule has 1 aliphatic carbocycles. The molecule has 2 aliphatic rings. The van der Waals surface area contributed by atoms with Gasteiger partial charge in [0.2, 0.25) is 0 Å². The van der Waals surface area contributed by atoms with E-state index in [1.54, 1.807) is 12.7 Å². The molecule has 0 bridgehead atoms. The number of fused-ring (bicyclic) bond motifs is 1. The maximum Gasteiger partial charge on any atom is 0.182 e. The first kappa shape index (κ1) is 13.9. The maximum atomic E-state index is 10.3. The molecular weight excluding hydrogens is 282 g/mol. The molecule has 4 rings (SSSR count). The highest BCUT2D eigenvalue weighted by Crippen LogP contribution is 2.51. The molecule has 2 atom stereocenters.